The van der Waals surface area contributed by atoms with Gasteiger partial charge in [0.05, 0.1) is 17.0 Å². The largest absolute Gasteiger partial charge is 0.278 e. The molecule has 0 aliphatic heterocycles. The Morgan fingerprint density at radius 1 is 1.00 bits per heavy atom. The molecule has 2 aromatic heterocycles. The van der Waals surface area contributed by atoms with Crippen molar-refractivity contribution in [3.05, 3.63) is 69.7 Å². The normalized spacial score (nSPS) is 12.0. The van der Waals surface area contributed by atoms with Gasteiger partial charge in [-0.25, -0.2) is 13.8 Å². The number of hydrogen-bond donors (Lipinski definition) is 2. The van der Waals surface area contributed by atoms with E-state index in [4.69, 9.17) is 0 Å². The quantitative estimate of drug-likeness (QED) is 0.483. The highest BCUT2D eigenvalue weighted by molar-refractivity contribution is 7.94. The van der Waals surface area contributed by atoms with Crippen molar-refractivity contribution in [1.29, 1.82) is 0 Å². The number of benzene rings is 1. The molecule has 2 N–H and O–H groups in total. The number of para-hydroxylation sites is 1. The summed E-state index contributed by atoms with van der Waals surface area (Å²) in [4.78, 5) is 13.4. The second-order valence-electron chi connectivity index (χ2n) is 5.20. The number of hydrazone groups is 1. The number of rotatable bonds is 6. The summed E-state index contributed by atoms with van der Waals surface area (Å²) in [6.45, 7) is 1.79. The Labute approximate surface area is 159 Å². The van der Waals surface area contributed by atoms with E-state index in [1.54, 1.807) is 30.5 Å². The fourth-order valence-electron chi connectivity index (χ4n) is 2.12. The number of nitrogens with one attached hydrogen (secondary N) is 2. The van der Waals surface area contributed by atoms with E-state index in [1.165, 1.54) is 29.5 Å². The monoisotopic (exact) mass is 405 g/mol. The van der Waals surface area contributed by atoms with Crippen LogP contribution in [0.5, 0.6) is 0 Å². The molecule has 0 saturated heterocycles. The lowest BCUT2D eigenvalue weighted by Crippen LogP contribution is -2.22. The van der Waals surface area contributed by atoms with Gasteiger partial charge in [-0.3, -0.25) is 9.52 Å². The van der Waals surface area contributed by atoms with E-state index in [1.807, 2.05) is 17.5 Å². The highest BCUT2D eigenvalue weighted by Crippen LogP contribution is 2.22. The van der Waals surface area contributed by atoms with Gasteiger partial charge in [0.25, 0.3) is 15.9 Å². The molecule has 1 aromatic carbocycles. The summed E-state index contributed by atoms with van der Waals surface area (Å²) in [5.74, 6) is -0.495. The Kier molecular flexibility index (Phi) is 5.50. The molecule has 0 fully saturated rings. The first-order valence-electron chi connectivity index (χ1n) is 7.51. The highest BCUT2D eigenvalue weighted by Gasteiger charge is 2.19. The summed E-state index contributed by atoms with van der Waals surface area (Å²) >= 11 is 2.62. The average molecular weight is 406 g/mol. The molecular weight excluding hydrogens is 390 g/mol. The molecule has 0 saturated carbocycles. The van der Waals surface area contributed by atoms with Crippen LogP contribution in [0, 0.1) is 0 Å². The molecule has 9 heteroatoms. The molecule has 2 heterocycles. The minimum Gasteiger partial charge on any atom is -0.278 e. The lowest BCUT2D eigenvalue weighted by atomic mass is 10.2. The molecule has 0 spiro atoms. The molecule has 1 amide bonds. The maximum atomic E-state index is 12.5. The Hall–Kier alpha value is -2.49. The van der Waals surface area contributed by atoms with E-state index in [-0.39, 0.29) is 15.5 Å². The lowest BCUT2D eigenvalue weighted by Gasteiger charge is -2.10. The van der Waals surface area contributed by atoms with Gasteiger partial charge in [0.1, 0.15) is 4.21 Å². The summed E-state index contributed by atoms with van der Waals surface area (Å²) < 4.78 is 27.4. The lowest BCUT2D eigenvalue weighted by molar-refractivity contribution is 0.0955. The smallest absolute Gasteiger partial charge is 0.273 e. The first kappa shape index (κ1) is 18.3. The zero-order valence-corrected chi connectivity index (χ0v) is 16.1. The number of carbonyl (C=O) groups excluding carboxylic acids is 1. The maximum absolute atomic E-state index is 12.5. The molecule has 134 valence electrons. The van der Waals surface area contributed by atoms with Gasteiger partial charge in [0, 0.05) is 4.88 Å². The molecule has 0 atom stereocenters. The van der Waals surface area contributed by atoms with Crippen LogP contribution in [0.3, 0.4) is 0 Å². The van der Waals surface area contributed by atoms with Crippen molar-refractivity contribution in [1.82, 2.24) is 5.43 Å². The number of anilines is 1. The predicted octanol–water partition coefficient (Wildman–Crippen LogP) is 3.76. The molecule has 6 nitrogen and oxygen atoms in total. The SMILES string of the molecule is C/C(=N/NC(=O)c1ccccc1NS(=O)(=O)c1cccs1)c1cccs1. The summed E-state index contributed by atoms with van der Waals surface area (Å²) in [7, 11) is -3.74. The van der Waals surface area contributed by atoms with Crippen molar-refractivity contribution in [2.45, 2.75) is 11.1 Å². The van der Waals surface area contributed by atoms with Crippen LogP contribution < -0.4 is 10.1 Å². The van der Waals surface area contributed by atoms with Gasteiger partial charge in [-0.15, -0.1) is 22.7 Å². The fraction of sp³-hybridized carbons (Fsp3) is 0.0588. The zero-order valence-electron chi connectivity index (χ0n) is 13.7. The number of sulfonamides is 1. The third-order valence-electron chi connectivity index (χ3n) is 3.38. The van der Waals surface area contributed by atoms with E-state index in [9.17, 15) is 13.2 Å². The molecule has 0 unspecified atom stereocenters. The Bertz CT molecular complexity index is 1020. The minimum atomic E-state index is -3.74. The summed E-state index contributed by atoms with van der Waals surface area (Å²) in [5.41, 5.74) is 3.53. The third-order valence-corrected chi connectivity index (χ3v) is 7.12. The van der Waals surface area contributed by atoms with Crippen molar-refractivity contribution < 1.29 is 13.2 Å². The number of hydrogen-bond acceptors (Lipinski definition) is 6. The van der Waals surface area contributed by atoms with E-state index in [0.717, 1.165) is 16.2 Å². The van der Waals surface area contributed by atoms with E-state index in [0.29, 0.717) is 5.71 Å². The van der Waals surface area contributed by atoms with E-state index in [2.05, 4.69) is 15.2 Å². The molecular formula is C17H15N3O3S3. The average Bonchev–Trinajstić information content (AvgIpc) is 3.33. The zero-order chi connectivity index (χ0) is 18.6. The van der Waals surface area contributed by atoms with Gasteiger partial charge in [-0.1, -0.05) is 24.3 Å². The van der Waals surface area contributed by atoms with Crippen molar-refractivity contribution in [3.8, 4) is 0 Å². The Balaban J connectivity index is 1.81. The van der Waals surface area contributed by atoms with Gasteiger partial charge in [0.15, 0.2) is 0 Å². The molecule has 0 bridgehead atoms. The minimum absolute atomic E-state index is 0.180. The van der Waals surface area contributed by atoms with Gasteiger partial charge < -0.3 is 0 Å². The topological polar surface area (TPSA) is 87.6 Å². The number of amides is 1. The summed E-state index contributed by atoms with van der Waals surface area (Å²) in [6, 6.07) is 13.4. The molecule has 26 heavy (non-hydrogen) atoms. The Morgan fingerprint density at radius 3 is 2.42 bits per heavy atom. The maximum Gasteiger partial charge on any atom is 0.273 e. The summed E-state index contributed by atoms with van der Waals surface area (Å²) in [5, 5.41) is 7.68. The van der Waals surface area contributed by atoms with E-state index < -0.39 is 15.9 Å². The molecule has 3 rings (SSSR count). The van der Waals surface area contributed by atoms with Gasteiger partial charge in [-0.2, -0.15) is 5.10 Å². The van der Waals surface area contributed by atoms with Crippen LogP contribution in [0.2, 0.25) is 0 Å². The van der Waals surface area contributed by atoms with Crippen molar-refractivity contribution in [3.63, 3.8) is 0 Å². The predicted molar refractivity (Wildman–Crippen MR) is 106 cm³/mol. The Morgan fingerprint density at radius 2 is 1.73 bits per heavy atom. The first-order chi connectivity index (χ1) is 12.5. The van der Waals surface area contributed by atoms with Crippen molar-refractivity contribution in [2.75, 3.05) is 4.72 Å². The molecule has 3 aromatic rings. The van der Waals surface area contributed by atoms with Gasteiger partial charge in [-0.05, 0) is 41.9 Å². The standard InChI is InChI=1S/C17H15N3O3S3/c1-12(15-8-4-10-24-15)18-19-17(21)13-6-2-3-7-14(13)20-26(22,23)16-9-5-11-25-16/h2-11,20H,1H3,(H,19,21)/b18-12-. The van der Waals surface area contributed by atoms with Crippen molar-refractivity contribution in [2.24, 2.45) is 5.10 Å². The second-order valence-corrected chi connectivity index (χ2v) is 9.00. The van der Waals surface area contributed by atoms with E-state index >= 15 is 0 Å². The van der Waals surface area contributed by atoms with Crippen LogP contribution in [0.15, 0.2) is 68.6 Å². The van der Waals surface area contributed by atoms with Crippen LogP contribution in [-0.4, -0.2) is 20.0 Å². The third kappa shape index (κ3) is 4.18. The number of carbonyl (C=O) groups is 1. The molecule has 0 aliphatic carbocycles. The number of nitrogens with zero attached hydrogens (tertiary/aromatic N) is 1. The second kappa shape index (κ2) is 7.81. The fourth-order valence-corrected chi connectivity index (χ4v) is 4.87. The number of thiophene rings is 2. The summed E-state index contributed by atoms with van der Waals surface area (Å²) in [6.07, 6.45) is 0. The van der Waals surface area contributed by atoms with Crippen LogP contribution in [-0.2, 0) is 10.0 Å². The van der Waals surface area contributed by atoms with Crippen LogP contribution >= 0.6 is 22.7 Å². The van der Waals surface area contributed by atoms with Crippen LogP contribution in [0.25, 0.3) is 0 Å². The van der Waals surface area contributed by atoms with Crippen LogP contribution in [0.4, 0.5) is 5.69 Å². The molecule has 0 aliphatic rings. The van der Waals surface area contributed by atoms with Gasteiger partial charge >= 0.3 is 0 Å². The first-order valence-corrected chi connectivity index (χ1v) is 10.8. The highest BCUT2D eigenvalue weighted by atomic mass is 32.2. The van der Waals surface area contributed by atoms with Crippen LogP contribution in [0.1, 0.15) is 22.2 Å². The van der Waals surface area contributed by atoms with Gasteiger partial charge in [0.2, 0.25) is 0 Å². The van der Waals surface area contributed by atoms with Crippen molar-refractivity contribution >= 4 is 50.0 Å². The molecule has 0 radical (unpaired) electrons.